The molecule has 4 nitrogen and oxygen atoms in total. The largest absolute Gasteiger partial charge is 0.497 e. The summed E-state index contributed by atoms with van der Waals surface area (Å²) in [5.74, 6) is 1.28. The zero-order valence-electron chi connectivity index (χ0n) is 13.1. The minimum absolute atomic E-state index is 0.00447. The normalized spacial score (nSPS) is 31.7. The summed E-state index contributed by atoms with van der Waals surface area (Å²) >= 11 is 0. The quantitative estimate of drug-likeness (QED) is 0.865. The van der Waals surface area contributed by atoms with E-state index >= 15 is 0 Å². The lowest BCUT2D eigenvalue weighted by atomic mass is 9.70. The van der Waals surface area contributed by atoms with Gasteiger partial charge in [0.15, 0.2) is 5.78 Å². The first-order valence-electron chi connectivity index (χ1n) is 7.42. The van der Waals surface area contributed by atoms with E-state index in [9.17, 15) is 4.79 Å². The van der Waals surface area contributed by atoms with Crippen LogP contribution in [0.3, 0.4) is 0 Å². The fourth-order valence-corrected chi connectivity index (χ4v) is 3.75. The van der Waals surface area contributed by atoms with Gasteiger partial charge in [-0.05, 0) is 42.5 Å². The van der Waals surface area contributed by atoms with Gasteiger partial charge < -0.3 is 4.74 Å². The van der Waals surface area contributed by atoms with Gasteiger partial charge in [0.05, 0.1) is 12.8 Å². The molecule has 0 saturated heterocycles. The first kappa shape index (κ1) is 14.1. The molecule has 2 fully saturated rings. The van der Waals surface area contributed by atoms with Crippen LogP contribution in [-0.4, -0.2) is 18.6 Å². The van der Waals surface area contributed by atoms with Crippen molar-refractivity contribution in [2.75, 3.05) is 12.5 Å². The van der Waals surface area contributed by atoms with Crippen molar-refractivity contribution >= 4 is 17.2 Å². The minimum atomic E-state index is -0.252. The van der Waals surface area contributed by atoms with Crippen LogP contribution in [-0.2, 0) is 4.79 Å². The predicted molar refractivity (Wildman–Crippen MR) is 83.7 cm³/mol. The van der Waals surface area contributed by atoms with Crippen LogP contribution in [0.2, 0.25) is 0 Å². The van der Waals surface area contributed by atoms with Gasteiger partial charge in [0.2, 0.25) is 0 Å². The molecule has 2 bridgehead atoms. The van der Waals surface area contributed by atoms with Gasteiger partial charge in [0.1, 0.15) is 11.5 Å². The molecule has 0 heterocycles. The Labute approximate surface area is 125 Å². The second kappa shape index (κ2) is 4.58. The Kier molecular flexibility index (Phi) is 3.08. The number of benzene rings is 1. The molecular weight excluding hydrogens is 264 g/mol. The molecule has 1 aromatic carbocycles. The minimum Gasteiger partial charge on any atom is -0.497 e. The lowest BCUT2D eigenvalue weighted by Gasteiger charge is -2.31. The highest BCUT2D eigenvalue weighted by Crippen LogP contribution is 2.62. The summed E-state index contributed by atoms with van der Waals surface area (Å²) in [4.78, 5) is 12.6. The van der Waals surface area contributed by atoms with E-state index in [1.807, 2.05) is 24.3 Å². The maximum Gasteiger partial charge on any atom is 0.185 e. The van der Waals surface area contributed by atoms with Crippen LogP contribution >= 0.6 is 0 Å². The summed E-state index contributed by atoms with van der Waals surface area (Å²) in [6, 6.07) is 7.54. The Bertz CT molecular complexity index is 604. The zero-order chi connectivity index (χ0) is 15.3. The highest BCUT2D eigenvalue weighted by atomic mass is 16.5. The number of Topliss-reactive ketones (excluding diaryl/α,β-unsaturated/α-hetero) is 1. The van der Waals surface area contributed by atoms with E-state index < -0.39 is 0 Å². The van der Waals surface area contributed by atoms with Crippen molar-refractivity contribution in [2.24, 2.45) is 21.8 Å². The van der Waals surface area contributed by atoms with Gasteiger partial charge >= 0.3 is 0 Å². The molecule has 0 spiro atoms. The van der Waals surface area contributed by atoms with Crippen LogP contribution in [0, 0.1) is 16.7 Å². The van der Waals surface area contributed by atoms with Crippen LogP contribution in [0.4, 0.5) is 5.69 Å². The van der Waals surface area contributed by atoms with E-state index in [-0.39, 0.29) is 22.5 Å². The van der Waals surface area contributed by atoms with E-state index in [0.29, 0.717) is 5.71 Å². The summed E-state index contributed by atoms with van der Waals surface area (Å²) < 4.78 is 5.13. The van der Waals surface area contributed by atoms with Crippen LogP contribution in [0.1, 0.15) is 33.6 Å². The van der Waals surface area contributed by atoms with E-state index in [0.717, 1.165) is 24.3 Å². The van der Waals surface area contributed by atoms with Crippen molar-refractivity contribution in [3.63, 3.8) is 0 Å². The molecule has 1 aromatic rings. The number of methoxy groups -OCH3 is 1. The van der Waals surface area contributed by atoms with Crippen molar-refractivity contribution in [3.8, 4) is 5.75 Å². The van der Waals surface area contributed by atoms with Crippen molar-refractivity contribution in [3.05, 3.63) is 24.3 Å². The van der Waals surface area contributed by atoms with E-state index in [2.05, 4.69) is 31.3 Å². The standard InChI is InChI=1S/C17H22N2O2/c1-16(2)13-9-10-17(16,3)15(20)14(13)19-18-11-5-7-12(21-4)8-6-11/h5-8,13,18H,9-10H2,1-4H3/b19-14-. The highest BCUT2D eigenvalue weighted by molar-refractivity contribution is 6.45. The molecule has 2 unspecified atom stereocenters. The van der Waals surface area contributed by atoms with Crippen molar-refractivity contribution in [2.45, 2.75) is 33.6 Å². The van der Waals surface area contributed by atoms with Crippen LogP contribution < -0.4 is 10.2 Å². The van der Waals surface area contributed by atoms with Crippen molar-refractivity contribution in [1.82, 2.24) is 0 Å². The summed E-state index contributed by atoms with van der Waals surface area (Å²) in [7, 11) is 1.64. The third-order valence-electron chi connectivity index (χ3n) is 5.69. The number of anilines is 1. The Morgan fingerprint density at radius 1 is 1.24 bits per heavy atom. The zero-order valence-corrected chi connectivity index (χ0v) is 13.1. The number of hydrogen-bond acceptors (Lipinski definition) is 4. The summed E-state index contributed by atoms with van der Waals surface area (Å²) in [6.45, 7) is 6.47. The number of ether oxygens (including phenoxy) is 1. The second-order valence-corrected chi connectivity index (χ2v) is 6.81. The number of carbonyl (C=O) groups excluding carboxylic acids is 1. The van der Waals surface area contributed by atoms with Crippen LogP contribution in [0.15, 0.2) is 29.4 Å². The molecule has 2 aliphatic carbocycles. The van der Waals surface area contributed by atoms with Gasteiger partial charge in [0, 0.05) is 11.3 Å². The Balaban J connectivity index is 1.83. The van der Waals surface area contributed by atoms with Gasteiger partial charge in [-0.2, -0.15) is 5.10 Å². The average molecular weight is 286 g/mol. The van der Waals surface area contributed by atoms with E-state index in [4.69, 9.17) is 4.74 Å². The molecule has 0 radical (unpaired) electrons. The number of hydrazone groups is 1. The smallest absolute Gasteiger partial charge is 0.185 e. The molecule has 112 valence electrons. The van der Waals surface area contributed by atoms with Crippen LogP contribution in [0.5, 0.6) is 5.75 Å². The fourth-order valence-electron chi connectivity index (χ4n) is 3.75. The van der Waals surface area contributed by atoms with Gasteiger partial charge in [0.25, 0.3) is 0 Å². The number of rotatable bonds is 3. The predicted octanol–water partition coefficient (Wildman–Crippen LogP) is 3.49. The Hall–Kier alpha value is -1.84. The molecule has 0 aliphatic heterocycles. The third kappa shape index (κ3) is 1.88. The molecule has 4 heteroatoms. The molecule has 1 N–H and O–H groups in total. The summed E-state index contributed by atoms with van der Waals surface area (Å²) in [5.41, 5.74) is 4.35. The number of fused-ring (bicyclic) bond motifs is 2. The van der Waals surface area contributed by atoms with Crippen molar-refractivity contribution in [1.29, 1.82) is 0 Å². The van der Waals surface area contributed by atoms with Gasteiger partial charge in [-0.1, -0.05) is 20.8 Å². The fraction of sp³-hybridized carbons (Fsp3) is 0.529. The number of ketones is 1. The SMILES string of the molecule is COc1ccc(N/N=C2\C(=O)C3(C)CCC2C3(C)C)cc1. The van der Waals surface area contributed by atoms with Gasteiger partial charge in [-0.3, -0.25) is 10.2 Å². The number of hydrogen-bond donors (Lipinski definition) is 1. The number of nitrogens with zero attached hydrogens (tertiary/aromatic N) is 1. The van der Waals surface area contributed by atoms with Crippen molar-refractivity contribution < 1.29 is 9.53 Å². The number of carbonyl (C=O) groups is 1. The lowest BCUT2D eigenvalue weighted by molar-refractivity contribution is -0.123. The Morgan fingerprint density at radius 3 is 2.43 bits per heavy atom. The van der Waals surface area contributed by atoms with Gasteiger partial charge in [-0.25, -0.2) is 0 Å². The molecule has 0 aromatic heterocycles. The average Bonchev–Trinajstić information content (AvgIpc) is 2.78. The maximum absolute atomic E-state index is 12.6. The summed E-state index contributed by atoms with van der Waals surface area (Å²) in [6.07, 6.45) is 2.03. The number of nitrogens with one attached hydrogen (secondary N) is 1. The van der Waals surface area contributed by atoms with Crippen LogP contribution in [0.25, 0.3) is 0 Å². The molecule has 2 atom stereocenters. The van der Waals surface area contributed by atoms with E-state index in [1.165, 1.54) is 0 Å². The monoisotopic (exact) mass is 286 g/mol. The molecule has 21 heavy (non-hydrogen) atoms. The molecule has 2 saturated carbocycles. The first-order chi connectivity index (χ1) is 9.90. The molecule has 0 amide bonds. The third-order valence-corrected chi connectivity index (χ3v) is 5.69. The molecular formula is C17H22N2O2. The molecule has 3 rings (SSSR count). The highest BCUT2D eigenvalue weighted by Gasteiger charge is 2.65. The summed E-state index contributed by atoms with van der Waals surface area (Å²) in [5, 5.41) is 4.43. The first-order valence-corrected chi connectivity index (χ1v) is 7.42. The van der Waals surface area contributed by atoms with Gasteiger partial charge in [-0.15, -0.1) is 0 Å². The second-order valence-electron chi connectivity index (χ2n) is 6.81. The molecule has 2 aliphatic rings. The Morgan fingerprint density at radius 2 is 1.90 bits per heavy atom. The lowest BCUT2D eigenvalue weighted by Crippen LogP contribution is -2.33. The topological polar surface area (TPSA) is 50.7 Å². The van der Waals surface area contributed by atoms with E-state index in [1.54, 1.807) is 7.11 Å². The maximum atomic E-state index is 12.6.